The number of alkyl halides is 3. The molecule has 46 heavy (non-hydrogen) atoms. The summed E-state index contributed by atoms with van der Waals surface area (Å²) in [6, 6.07) is 15.6. The Morgan fingerprint density at radius 3 is 1.72 bits per heavy atom. The summed E-state index contributed by atoms with van der Waals surface area (Å²) in [4.78, 5) is 24.2. The number of hydrogen-bond donors (Lipinski definition) is 0. The number of nitro groups is 2. The molecular weight excluding hydrogens is 686 g/mol. The maximum atomic E-state index is 13.0. The first-order chi connectivity index (χ1) is 22.0. The van der Waals surface area contributed by atoms with Gasteiger partial charge in [-0.25, -0.2) is 0 Å². The third-order valence-electron chi connectivity index (χ3n) is 6.97. The summed E-state index contributed by atoms with van der Waals surface area (Å²) in [5.41, 5.74) is 4.64. The highest BCUT2D eigenvalue weighted by Gasteiger charge is 2.35. The lowest BCUT2D eigenvalue weighted by Gasteiger charge is -2.10. The van der Waals surface area contributed by atoms with Crippen LogP contribution in [0, 0.1) is 27.2 Å². The second-order valence-electron chi connectivity index (χ2n) is 9.75. The van der Waals surface area contributed by atoms with Crippen molar-refractivity contribution >= 4 is 79.5 Å². The maximum absolute atomic E-state index is 13.0. The largest absolute Gasteiger partial charge is 0.573 e. The van der Waals surface area contributed by atoms with E-state index in [0.717, 1.165) is 56.1 Å². The lowest BCUT2D eigenvalue weighted by atomic mass is 10.0. The van der Waals surface area contributed by atoms with Gasteiger partial charge in [0, 0.05) is 48.3 Å². The molecule has 1 aliphatic heterocycles. The van der Waals surface area contributed by atoms with Crippen molar-refractivity contribution in [3.8, 4) is 47.5 Å². The number of rotatable bonds is 7. The molecule has 7 rings (SSSR count). The van der Waals surface area contributed by atoms with Gasteiger partial charge in [-0.05, 0) is 66.6 Å². The van der Waals surface area contributed by atoms with Crippen molar-refractivity contribution in [2.45, 2.75) is 13.3 Å². The lowest BCUT2D eigenvalue weighted by Crippen LogP contribution is -2.18. The normalized spacial score (nSPS) is 12.3. The van der Waals surface area contributed by atoms with E-state index in [9.17, 15) is 33.4 Å². The highest BCUT2D eigenvalue weighted by atomic mass is 32.1. The maximum Gasteiger partial charge on any atom is 0.573 e. The minimum Gasteiger partial charge on any atom is -0.398 e. The Hall–Kier alpha value is -4.91. The molecule has 4 heterocycles. The zero-order valence-corrected chi connectivity index (χ0v) is 26.0. The molecule has 0 radical (unpaired) electrons. The number of ether oxygens (including phenoxy) is 1. The number of aryl methyl sites for hydroxylation is 1. The fraction of sp³-hybridized carbons (Fsp3) is 0.0714. The first kappa shape index (κ1) is 29.8. The molecule has 0 bridgehead atoms. The standard InChI is InChI=1S/C28H13F3N6O5S4/c1-12-10-13(2-4-15(12)36(38)39)18-6-8-20(43-18)22-24-26(34-45-32-24)23(27-25(22)33-46-35-27)21-9-7-19(44-21)14-3-5-16(37(40)41)17(11-14)42-28(29,30)31/h2-11H,1H3. The van der Waals surface area contributed by atoms with Crippen LogP contribution in [-0.2, 0) is 11.4 Å². The average Bonchev–Trinajstić information content (AvgIpc) is 3.81. The van der Waals surface area contributed by atoms with Gasteiger partial charge in [-0.1, -0.05) is 0 Å². The van der Waals surface area contributed by atoms with Gasteiger partial charge < -0.3 is 4.74 Å². The number of nitro benzene ring substituents is 2. The van der Waals surface area contributed by atoms with Crippen LogP contribution in [0.2, 0.25) is 0 Å². The molecule has 0 aliphatic carbocycles. The molecule has 230 valence electrons. The average molecular weight is 699 g/mol. The van der Waals surface area contributed by atoms with E-state index >= 15 is 0 Å². The van der Waals surface area contributed by atoms with Crippen molar-refractivity contribution in [2.75, 3.05) is 0 Å². The van der Waals surface area contributed by atoms with Gasteiger partial charge in [-0.15, -0.1) is 35.8 Å². The number of fused-ring (bicyclic) bond motifs is 2. The minimum atomic E-state index is -5.11. The van der Waals surface area contributed by atoms with Gasteiger partial charge in [-0.2, -0.15) is 17.5 Å². The van der Waals surface area contributed by atoms with Gasteiger partial charge >= 0.3 is 12.0 Å². The summed E-state index contributed by atoms with van der Waals surface area (Å²) in [5, 5.41) is 22.6. The smallest absolute Gasteiger partial charge is 0.398 e. The Labute approximate surface area is 271 Å². The third-order valence-corrected chi connectivity index (χ3v) is 10.3. The van der Waals surface area contributed by atoms with E-state index in [1.807, 2.05) is 12.1 Å². The molecule has 0 saturated carbocycles. The van der Waals surface area contributed by atoms with Crippen LogP contribution in [0.3, 0.4) is 0 Å². The molecule has 0 spiro atoms. The van der Waals surface area contributed by atoms with Crippen molar-refractivity contribution < 1.29 is 27.8 Å². The van der Waals surface area contributed by atoms with Gasteiger partial charge in [0.25, 0.3) is 5.69 Å². The molecule has 6 aromatic rings. The minimum absolute atomic E-state index is 0.0435. The summed E-state index contributed by atoms with van der Waals surface area (Å²) in [5.74, 6) is -0.911. The van der Waals surface area contributed by atoms with Crippen LogP contribution >= 0.6 is 34.4 Å². The molecule has 0 unspecified atom stereocenters. The molecule has 3 aromatic carbocycles. The first-order valence-corrected chi connectivity index (χ1v) is 16.0. The fourth-order valence-electron chi connectivity index (χ4n) is 5.02. The van der Waals surface area contributed by atoms with E-state index in [1.54, 1.807) is 31.2 Å². The molecule has 0 N–H and O–H groups in total. The predicted octanol–water partition coefficient (Wildman–Crippen LogP) is 10.2. The monoisotopic (exact) mass is 698 g/mol. The molecule has 18 heteroatoms. The number of nitrogens with zero attached hydrogens (tertiary/aromatic N) is 6. The van der Waals surface area contributed by atoms with Gasteiger partial charge in [0.2, 0.25) is 5.75 Å². The van der Waals surface area contributed by atoms with Crippen LogP contribution in [0.15, 0.2) is 69.4 Å². The first-order valence-electron chi connectivity index (χ1n) is 12.9. The zero-order valence-electron chi connectivity index (χ0n) is 22.8. The van der Waals surface area contributed by atoms with Crippen LogP contribution in [0.4, 0.5) is 35.9 Å². The van der Waals surface area contributed by atoms with Crippen LogP contribution in [-0.4, -0.2) is 25.0 Å². The molecule has 0 saturated heterocycles. The van der Waals surface area contributed by atoms with E-state index in [1.165, 1.54) is 34.8 Å². The number of thiophene rings is 2. The fourth-order valence-corrected chi connectivity index (χ4v) is 8.24. The molecule has 11 nitrogen and oxygen atoms in total. The SMILES string of the molecule is Cc1cc(-c2ccc(-c3c4c(c(-c5ccc(-c6ccc([N+](=O)[O-])c(OC(F)(F)F)c6)s5)c5nsnc35)N=S=N4)s2)ccc1[N+](=O)[O-]. The van der Waals surface area contributed by atoms with Crippen LogP contribution in [0.1, 0.15) is 5.56 Å². The van der Waals surface area contributed by atoms with Gasteiger partial charge in [-0.3, -0.25) is 20.2 Å². The second-order valence-corrected chi connectivity index (χ2v) is 13.0. The van der Waals surface area contributed by atoms with Crippen molar-refractivity contribution in [1.82, 2.24) is 8.75 Å². The van der Waals surface area contributed by atoms with Crippen molar-refractivity contribution in [1.29, 1.82) is 0 Å². The molecular formula is C28H13F3N6O5S4. The van der Waals surface area contributed by atoms with E-state index in [2.05, 4.69) is 22.2 Å². The highest BCUT2D eigenvalue weighted by Crippen LogP contribution is 2.55. The number of hydrogen-bond acceptors (Lipinski definition) is 12. The van der Waals surface area contributed by atoms with Crippen LogP contribution in [0.25, 0.3) is 52.8 Å². The lowest BCUT2D eigenvalue weighted by molar-refractivity contribution is -0.388. The van der Waals surface area contributed by atoms with E-state index in [-0.39, 0.29) is 5.69 Å². The summed E-state index contributed by atoms with van der Waals surface area (Å²) < 4.78 is 61.3. The number of halogens is 3. The number of aromatic nitrogens is 2. The molecule has 0 fully saturated rings. The predicted molar refractivity (Wildman–Crippen MR) is 171 cm³/mol. The van der Waals surface area contributed by atoms with E-state index in [4.69, 9.17) is 0 Å². The zero-order chi connectivity index (χ0) is 32.3. The Balaban J connectivity index is 1.31. The molecule has 0 amide bonds. The summed E-state index contributed by atoms with van der Waals surface area (Å²) in [7, 11) is 0. The molecule has 1 aliphatic rings. The van der Waals surface area contributed by atoms with Gasteiger partial charge in [0.15, 0.2) is 0 Å². The Morgan fingerprint density at radius 1 is 0.717 bits per heavy atom. The van der Waals surface area contributed by atoms with Crippen molar-refractivity contribution in [3.63, 3.8) is 0 Å². The second kappa shape index (κ2) is 11.2. The molecule has 3 aromatic heterocycles. The third kappa shape index (κ3) is 5.23. The highest BCUT2D eigenvalue weighted by molar-refractivity contribution is 7.58. The summed E-state index contributed by atoms with van der Waals surface area (Å²) in [6.07, 6.45) is -5.11. The topological polar surface area (TPSA) is 146 Å². The summed E-state index contributed by atoms with van der Waals surface area (Å²) in [6.45, 7) is 1.69. The van der Waals surface area contributed by atoms with Gasteiger partial charge in [0.1, 0.15) is 22.4 Å². The number of benzene rings is 3. The quantitative estimate of drug-likeness (QED) is 0.119. The van der Waals surface area contributed by atoms with Crippen molar-refractivity contribution in [3.05, 3.63) is 86.5 Å². The van der Waals surface area contributed by atoms with Crippen LogP contribution in [0.5, 0.6) is 5.75 Å². The molecule has 0 atom stereocenters. The summed E-state index contributed by atoms with van der Waals surface area (Å²) >= 11 is 4.75. The van der Waals surface area contributed by atoms with Crippen LogP contribution < -0.4 is 4.74 Å². The van der Waals surface area contributed by atoms with E-state index in [0.29, 0.717) is 48.9 Å². The van der Waals surface area contributed by atoms with Crippen molar-refractivity contribution in [2.24, 2.45) is 8.73 Å². The Bertz CT molecular complexity index is 2320. The Morgan fingerprint density at radius 2 is 1.22 bits per heavy atom. The Kier molecular flexibility index (Phi) is 7.23. The van der Waals surface area contributed by atoms with E-state index < -0.39 is 27.6 Å². The van der Waals surface area contributed by atoms with Gasteiger partial charge in [0.05, 0.1) is 32.9 Å².